The fraction of sp³-hybridized carbons (Fsp3) is 0.172. The van der Waals surface area contributed by atoms with Crippen LogP contribution in [0.1, 0.15) is 36.6 Å². The van der Waals surface area contributed by atoms with Gasteiger partial charge in [0.05, 0.1) is 10.4 Å². The average molecular weight is 495 g/mol. The molecule has 0 saturated heterocycles. The van der Waals surface area contributed by atoms with Crippen molar-refractivity contribution in [1.82, 2.24) is 19.7 Å². The Bertz CT molecular complexity index is 1690. The SMILES string of the molecule is CCC(C#CC(NS(=O)(=O)c1ccc(C)cc1)c1cccc2ccccc12)n1nnc2ccccc21. The van der Waals surface area contributed by atoms with Crippen LogP contribution in [-0.2, 0) is 10.0 Å². The zero-order chi connectivity index (χ0) is 25.1. The second kappa shape index (κ2) is 9.94. The van der Waals surface area contributed by atoms with Crippen molar-refractivity contribution in [3.63, 3.8) is 0 Å². The third-order valence-electron chi connectivity index (χ3n) is 6.19. The standard InChI is InChI=1S/C29H26N4O2S/c1-3-23(33-29-14-7-6-13-28(29)30-32-33)17-20-27(26-12-8-10-22-9-4-5-11-25(22)26)31-36(34,35)24-18-15-21(2)16-19-24/h4-16,18-19,23,27,31H,3H2,1-2H3. The van der Waals surface area contributed by atoms with Gasteiger partial charge in [0, 0.05) is 0 Å². The lowest BCUT2D eigenvalue weighted by atomic mass is 9.99. The molecule has 0 aliphatic rings. The van der Waals surface area contributed by atoms with Crippen LogP contribution < -0.4 is 4.72 Å². The first kappa shape index (κ1) is 23.7. The maximum atomic E-state index is 13.4. The second-order valence-electron chi connectivity index (χ2n) is 8.67. The predicted octanol–water partition coefficient (Wildman–Crippen LogP) is 5.57. The highest BCUT2D eigenvalue weighted by atomic mass is 32.2. The Kier molecular flexibility index (Phi) is 6.55. The quantitative estimate of drug-likeness (QED) is 0.313. The van der Waals surface area contributed by atoms with Crippen LogP contribution in [0.3, 0.4) is 0 Å². The van der Waals surface area contributed by atoms with E-state index >= 15 is 0 Å². The lowest BCUT2D eigenvalue weighted by molar-refractivity contribution is 0.535. The molecule has 1 aromatic heterocycles. The van der Waals surface area contributed by atoms with Crippen LogP contribution >= 0.6 is 0 Å². The van der Waals surface area contributed by atoms with E-state index < -0.39 is 16.1 Å². The first-order valence-corrected chi connectivity index (χ1v) is 13.3. The smallest absolute Gasteiger partial charge is 0.230 e. The Hall–Kier alpha value is -3.99. The summed E-state index contributed by atoms with van der Waals surface area (Å²) < 4.78 is 31.4. The summed E-state index contributed by atoms with van der Waals surface area (Å²) in [5.41, 5.74) is 3.48. The van der Waals surface area contributed by atoms with Gasteiger partial charge in [0.25, 0.3) is 0 Å². The minimum absolute atomic E-state index is 0.203. The van der Waals surface area contributed by atoms with Crippen molar-refractivity contribution in [2.24, 2.45) is 0 Å². The summed E-state index contributed by atoms with van der Waals surface area (Å²) in [6, 6.07) is 27.3. The maximum absolute atomic E-state index is 13.4. The predicted molar refractivity (Wildman–Crippen MR) is 143 cm³/mol. The van der Waals surface area contributed by atoms with Crippen molar-refractivity contribution in [3.8, 4) is 11.8 Å². The third-order valence-corrected chi connectivity index (χ3v) is 7.63. The minimum atomic E-state index is -3.82. The molecule has 6 nitrogen and oxygen atoms in total. The van der Waals surface area contributed by atoms with Crippen LogP contribution in [0.5, 0.6) is 0 Å². The van der Waals surface area contributed by atoms with Crippen LogP contribution in [0.4, 0.5) is 0 Å². The molecule has 36 heavy (non-hydrogen) atoms. The summed E-state index contributed by atoms with van der Waals surface area (Å²) in [6.45, 7) is 3.95. The van der Waals surface area contributed by atoms with Gasteiger partial charge in [0.2, 0.25) is 10.0 Å². The molecule has 0 saturated carbocycles. The first-order chi connectivity index (χ1) is 17.5. The molecular formula is C29H26N4O2S. The Balaban J connectivity index is 1.59. The fourth-order valence-corrected chi connectivity index (χ4v) is 5.37. The van der Waals surface area contributed by atoms with Gasteiger partial charge in [0.1, 0.15) is 17.6 Å². The molecule has 1 N–H and O–H groups in total. The number of hydrogen-bond acceptors (Lipinski definition) is 4. The van der Waals surface area contributed by atoms with Crippen LogP contribution in [0.25, 0.3) is 21.8 Å². The third kappa shape index (κ3) is 4.74. The van der Waals surface area contributed by atoms with Crippen LogP contribution in [0.2, 0.25) is 0 Å². The molecule has 5 rings (SSSR count). The summed E-state index contributed by atoms with van der Waals surface area (Å²) in [5.74, 6) is 6.53. The summed E-state index contributed by atoms with van der Waals surface area (Å²) >= 11 is 0. The zero-order valence-electron chi connectivity index (χ0n) is 20.1. The largest absolute Gasteiger partial charge is 0.241 e. The Morgan fingerprint density at radius 1 is 0.889 bits per heavy atom. The maximum Gasteiger partial charge on any atom is 0.241 e. The van der Waals surface area contributed by atoms with E-state index in [1.165, 1.54) is 0 Å². The molecule has 0 aliphatic heterocycles. The van der Waals surface area contributed by atoms with Crippen molar-refractivity contribution >= 4 is 31.8 Å². The minimum Gasteiger partial charge on any atom is -0.230 e. The number of para-hydroxylation sites is 1. The molecule has 1 heterocycles. The van der Waals surface area contributed by atoms with E-state index in [9.17, 15) is 8.42 Å². The van der Waals surface area contributed by atoms with Gasteiger partial charge >= 0.3 is 0 Å². The normalized spacial score (nSPS) is 13.3. The van der Waals surface area contributed by atoms with Gasteiger partial charge in [-0.15, -0.1) is 5.10 Å². The van der Waals surface area contributed by atoms with Crippen molar-refractivity contribution in [1.29, 1.82) is 0 Å². The summed E-state index contributed by atoms with van der Waals surface area (Å²) in [7, 11) is -3.82. The average Bonchev–Trinajstić information content (AvgIpc) is 3.32. The number of fused-ring (bicyclic) bond motifs is 2. The van der Waals surface area contributed by atoms with E-state index in [0.717, 1.165) is 32.9 Å². The van der Waals surface area contributed by atoms with Gasteiger partial charge in [0.15, 0.2) is 0 Å². The van der Waals surface area contributed by atoms with Crippen LogP contribution in [0.15, 0.2) is 95.9 Å². The number of nitrogens with one attached hydrogen (secondary N) is 1. The van der Waals surface area contributed by atoms with Gasteiger partial charge in [-0.05, 0) is 53.9 Å². The number of aromatic nitrogens is 3. The molecule has 4 aromatic carbocycles. The molecule has 180 valence electrons. The molecule has 7 heteroatoms. The highest BCUT2D eigenvalue weighted by molar-refractivity contribution is 7.89. The summed E-state index contributed by atoms with van der Waals surface area (Å²) in [4.78, 5) is 0.203. The number of benzene rings is 4. The second-order valence-corrected chi connectivity index (χ2v) is 10.4. The summed E-state index contributed by atoms with van der Waals surface area (Å²) in [6.07, 6.45) is 0.688. The van der Waals surface area contributed by atoms with Gasteiger partial charge in [-0.3, -0.25) is 0 Å². The number of aryl methyl sites for hydroxylation is 1. The fourth-order valence-electron chi connectivity index (χ4n) is 4.25. The molecular weight excluding hydrogens is 468 g/mol. The van der Waals surface area contributed by atoms with E-state index in [4.69, 9.17) is 0 Å². The van der Waals surface area contributed by atoms with Crippen molar-refractivity contribution in [2.45, 2.75) is 37.2 Å². The van der Waals surface area contributed by atoms with Crippen molar-refractivity contribution in [2.75, 3.05) is 0 Å². The van der Waals surface area contributed by atoms with E-state index in [2.05, 4.69) is 26.9 Å². The van der Waals surface area contributed by atoms with E-state index in [0.29, 0.717) is 6.42 Å². The molecule has 0 fully saturated rings. The number of hydrogen-bond donors (Lipinski definition) is 1. The molecule has 0 radical (unpaired) electrons. The lowest BCUT2D eigenvalue weighted by Crippen LogP contribution is -2.28. The Labute approximate surface area is 211 Å². The Morgan fingerprint density at radius 2 is 1.61 bits per heavy atom. The highest BCUT2D eigenvalue weighted by Gasteiger charge is 2.22. The molecule has 2 atom stereocenters. The van der Waals surface area contributed by atoms with Gasteiger partial charge in [-0.1, -0.05) is 96.3 Å². The van der Waals surface area contributed by atoms with Crippen LogP contribution in [-0.4, -0.2) is 23.4 Å². The van der Waals surface area contributed by atoms with E-state index in [-0.39, 0.29) is 10.9 Å². The van der Waals surface area contributed by atoms with E-state index in [1.54, 1.807) is 28.9 Å². The van der Waals surface area contributed by atoms with Crippen molar-refractivity contribution in [3.05, 3.63) is 102 Å². The number of sulfonamides is 1. The molecule has 0 aliphatic carbocycles. The molecule has 0 spiro atoms. The lowest BCUT2D eigenvalue weighted by Gasteiger charge is -2.17. The van der Waals surface area contributed by atoms with Gasteiger partial charge in [-0.25, -0.2) is 13.1 Å². The van der Waals surface area contributed by atoms with Gasteiger partial charge < -0.3 is 0 Å². The topological polar surface area (TPSA) is 76.9 Å². The van der Waals surface area contributed by atoms with Gasteiger partial charge in [-0.2, -0.15) is 4.72 Å². The summed E-state index contributed by atoms with van der Waals surface area (Å²) in [5, 5.41) is 10.5. The Morgan fingerprint density at radius 3 is 2.42 bits per heavy atom. The highest BCUT2D eigenvalue weighted by Crippen LogP contribution is 2.26. The van der Waals surface area contributed by atoms with Crippen molar-refractivity contribution < 1.29 is 8.42 Å². The number of nitrogens with zero attached hydrogens (tertiary/aromatic N) is 3. The molecule has 0 amide bonds. The molecule has 5 aromatic rings. The van der Waals surface area contributed by atoms with E-state index in [1.807, 2.05) is 80.6 Å². The van der Waals surface area contributed by atoms with Crippen LogP contribution in [0, 0.1) is 18.8 Å². The zero-order valence-corrected chi connectivity index (χ0v) is 20.9. The monoisotopic (exact) mass is 494 g/mol. The molecule has 0 bridgehead atoms. The first-order valence-electron chi connectivity index (χ1n) is 11.8. The number of rotatable bonds is 6. The molecule has 2 unspecified atom stereocenters.